The second kappa shape index (κ2) is 5.36. The third kappa shape index (κ3) is 3.38. The normalized spacial score (nSPS) is 9.73. The Morgan fingerprint density at radius 3 is 2.87 bits per heavy atom. The first-order valence-corrected chi connectivity index (χ1v) is 5.62. The molecule has 0 saturated carbocycles. The molecule has 6 heteroatoms. The Morgan fingerprint density at radius 2 is 2.33 bits per heavy atom. The van der Waals surface area contributed by atoms with Gasteiger partial charge in [0.1, 0.15) is 0 Å². The molecule has 0 aliphatic heterocycles. The third-order valence-electron chi connectivity index (χ3n) is 1.80. The second-order valence-corrected chi connectivity index (χ2v) is 4.44. The first-order chi connectivity index (χ1) is 7.04. The van der Waals surface area contributed by atoms with Crippen molar-refractivity contribution in [3.63, 3.8) is 0 Å². The summed E-state index contributed by atoms with van der Waals surface area (Å²) in [5, 5.41) is 12.6. The van der Waals surface area contributed by atoms with Crippen LogP contribution in [0.1, 0.15) is 5.56 Å². The number of aromatic hydroxyl groups is 1. The fraction of sp³-hybridized carbons (Fsp3) is 0.222. The quantitative estimate of drug-likeness (QED) is 0.573. The summed E-state index contributed by atoms with van der Waals surface area (Å²) in [6.07, 6.45) is 0. The molecule has 0 aliphatic carbocycles. The van der Waals surface area contributed by atoms with Gasteiger partial charge in [0.2, 0.25) is 0 Å². The van der Waals surface area contributed by atoms with E-state index in [1.165, 1.54) is 7.11 Å². The number of ether oxygens (including phenoxy) is 1. The molecular formula is C9H11IN2O2S. The molecule has 4 nitrogen and oxygen atoms in total. The minimum absolute atomic E-state index is 0.126. The van der Waals surface area contributed by atoms with Gasteiger partial charge < -0.3 is 20.9 Å². The van der Waals surface area contributed by atoms with Crippen LogP contribution in [0, 0.1) is 3.57 Å². The van der Waals surface area contributed by atoms with Crippen molar-refractivity contribution < 1.29 is 9.84 Å². The summed E-state index contributed by atoms with van der Waals surface area (Å²) >= 11 is 6.83. The van der Waals surface area contributed by atoms with Gasteiger partial charge in [0, 0.05) is 10.1 Å². The van der Waals surface area contributed by atoms with Crippen LogP contribution in [-0.2, 0) is 6.54 Å². The molecule has 1 rings (SSSR count). The number of rotatable bonds is 3. The van der Waals surface area contributed by atoms with Gasteiger partial charge in [-0.3, -0.25) is 0 Å². The van der Waals surface area contributed by atoms with E-state index in [0.717, 1.165) is 9.13 Å². The molecule has 1 aromatic carbocycles. The van der Waals surface area contributed by atoms with Crippen LogP contribution in [0.4, 0.5) is 0 Å². The number of halogens is 1. The maximum Gasteiger partial charge on any atom is 0.163 e. The molecule has 0 amide bonds. The Kier molecular flexibility index (Phi) is 4.40. The Bertz CT molecular complexity index is 385. The summed E-state index contributed by atoms with van der Waals surface area (Å²) in [6, 6.07) is 3.39. The van der Waals surface area contributed by atoms with Gasteiger partial charge in [-0.15, -0.1) is 0 Å². The molecule has 4 N–H and O–H groups in total. The second-order valence-electron chi connectivity index (χ2n) is 2.83. The average molecular weight is 338 g/mol. The molecule has 0 aromatic heterocycles. The Hall–Kier alpha value is -0.760. The highest BCUT2D eigenvalue weighted by atomic mass is 127. The van der Waals surface area contributed by atoms with Gasteiger partial charge in [-0.05, 0) is 52.5 Å². The minimum atomic E-state index is 0.126. The molecular weight excluding hydrogens is 327 g/mol. The molecule has 0 spiro atoms. The van der Waals surface area contributed by atoms with E-state index in [1.54, 1.807) is 12.1 Å². The van der Waals surface area contributed by atoms with Crippen LogP contribution in [0.25, 0.3) is 0 Å². The lowest BCUT2D eigenvalue weighted by Gasteiger charge is -2.10. The SMILES string of the molecule is COc1cc(CNC(N)=S)c(I)cc1O. The van der Waals surface area contributed by atoms with Gasteiger partial charge in [-0.2, -0.15) is 0 Å². The summed E-state index contributed by atoms with van der Waals surface area (Å²) in [7, 11) is 1.51. The number of nitrogens with one attached hydrogen (secondary N) is 1. The van der Waals surface area contributed by atoms with Gasteiger partial charge in [0.05, 0.1) is 7.11 Å². The summed E-state index contributed by atoms with van der Waals surface area (Å²) in [5.41, 5.74) is 6.30. The first kappa shape index (κ1) is 12.3. The van der Waals surface area contributed by atoms with Crippen molar-refractivity contribution in [1.29, 1.82) is 0 Å². The summed E-state index contributed by atoms with van der Waals surface area (Å²) < 4.78 is 5.93. The van der Waals surface area contributed by atoms with Gasteiger partial charge in [-0.25, -0.2) is 0 Å². The Morgan fingerprint density at radius 1 is 1.67 bits per heavy atom. The van der Waals surface area contributed by atoms with Crippen molar-refractivity contribution in [3.8, 4) is 11.5 Å². The fourth-order valence-electron chi connectivity index (χ4n) is 1.07. The zero-order chi connectivity index (χ0) is 11.4. The number of phenols is 1. The van der Waals surface area contributed by atoms with E-state index in [1.807, 2.05) is 0 Å². The van der Waals surface area contributed by atoms with Crippen molar-refractivity contribution >= 4 is 39.9 Å². The highest BCUT2D eigenvalue weighted by Crippen LogP contribution is 2.30. The summed E-state index contributed by atoms with van der Waals surface area (Å²) in [6.45, 7) is 0.518. The first-order valence-electron chi connectivity index (χ1n) is 4.13. The van der Waals surface area contributed by atoms with Crippen LogP contribution in [0.3, 0.4) is 0 Å². The number of nitrogens with two attached hydrogens (primary N) is 1. The number of methoxy groups -OCH3 is 1. The van der Waals surface area contributed by atoms with Crippen LogP contribution in [0.2, 0.25) is 0 Å². The van der Waals surface area contributed by atoms with Crippen molar-refractivity contribution in [2.24, 2.45) is 5.73 Å². The summed E-state index contributed by atoms with van der Waals surface area (Å²) in [4.78, 5) is 0. The van der Waals surface area contributed by atoms with Crippen LogP contribution >= 0.6 is 34.8 Å². The largest absolute Gasteiger partial charge is 0.504 e. The van der Waals surface area contributed by atoms with Crippen LogP contribution < -0.4 is 15.8 Å². The zero-order valence-corrected chi connectivity index (χ0v) is 11.1. The lowest BCUT2D eigenvalue weighted by Crippen LogP contribution is -2.28. The molecule has 0 aliphatic rings. The van der Waals surface area contributed by atoms with Gasteiger partial charge in [0.25, 0.3) is 0 Å². The summed E-state index contributed by atoms with van der Waals surface area (Å²) in [5.74, 6) is 0.566. The van der Waals surface area contributed by atoms with E-state index >= 15 is 0 Å². The zero-order valence-electron chi connectivity index (χ0n) is 8.08. The molecule has 0 unspecified atom stereocenters. The van der Waals surface area contributed by atoms with Crippen molar-refractivity contribution in [2.45, 2.75) is 6.54 Å². The molecule has 15 heavy (non-hydrogen) atoms. The highest BCUT2D eigenvalue weighted by Gasteiger charge is 2.07. The number of benzene rings is 1. The van der Waals surface area contributed by atoms with E-state index < -0.39 is 0 Å². The Balaban J connectivity index is 2.92. The smallest absolute Gasteiger partial charge is 0.163 e. The molecule has 1 aromatic rings. The lowest BCUT2D eigenvalue weighted by atomic mass is 10.2. The molecule has 0 fully saturated rings. The highest BCUT2D eigenvalue weighted by molar-refractivity contribution is 14.1. The number of hydrogen-bond donors (Lipinski definition) is 3. The van der Waals surface area contributed by atoms with Gasteiger partial charge >= 0.3 is 0 Å². The number of phenolic OH excluding ortho intramolecular Hbond substituents is 1. The molecule has 0 heterocycles. The average Bonchev–Trinajstić information content (AvgIpc) is 2.16. The van der Waals surface area contributed by atoms with Crippen molar-refractivity contribution in [2.75, 3.05) is 7.11 Å². The van der Waals surface area contributed by atoms with Crippen molar-refractivity contribution in [3.05, 3.63) is 21.3 Å². The molecule has 0 radical (unpaired) electrons. The van der Waals surface area contributed by atoms with E-state index in [-0.39, 0.29) is 10.9 Å². The number of thiocarbonyl (C=S) groups is 1. The van der Waals surface area contributed by atoms with E-state index in [9.17, 15) is 5.11 Å². The molecule has 0 saturated heterocycles. The standard InChI is InChI=1S/C9H11IN2O2S/c1-14-8-2-5(4-12-9(11)15)6(10)3-7(8)13/h2-3,13H,4H2,1H3,(H3,11,12,15). The van der Waals surface area contributed by atoms with Crippen LogP contribution in [-0.4, -0.2) is 17.3 Å². The van der Waals surface area contributed by atoms with Crippen LogP contribution in [0.5, 0.6) is 11.5 Å². The van der Waals surface area contributed by atoms with E-state index in [2.05, 4.69) is 27.9 Å². The van der Waals surface area contributed by atoms with E-state index in [0.29, 0.717) is 12.3 Å². The minimum Gasteiger partial charge on any atom is -0.504 e. The molecule has 0 bridgehead atoms. The Labute approximate surface area is 107 Å². The van der Waals surface area contributed by atoms with Gasteiger partial charge in [-0.1, -0.05) is 0 Å². The molecule has 0 atom stereocenters. The van der Waals surface area contributed by atoms with Gasteiger partial charge in [0.15, 0.2) is 16.6 Å². The van der Waals surface area contributed by atoms with E-state index in [4.69, 9.17) is 22.7 Å². The predicted octanol–water partition coefficient (Wildman–Crippen LogP) is 1.34. The number of hydrogen-bond acceptors (Lipinski definition) is 3. The third-order valence-corrected chi connectivity index (χ3v) is 2.95. The fourth-order valence-corrected chi connectivity index (χ4v) is 1.78. The maximum absolute atomic E-state index is 9.49. The van der Waals surface area contributed by atoms with Crippen LogP contribution in [0.15, 0.2) is 12.1 Å². The monoisotopic (exact) mass is 338 g/mol. The maximum atomic E-state index is 9.49. The lowest BCUT2D eigenvalue weighted by molar-refractivity contribution is 0.372. The molecule has 82 valence electrons. The topological polar surface area (TPSA) is 67.5 Å². The van der Waals surface area contributed by atoms with Crippen molar-refractivity contribution in [1.82, 2.24) is 5.32 Å². The predicted molar refractivity (Wildman–Crippen MR) is 71.0 cm³/mol.